The van der Waals surface area contributed by atoms with E-state index in [9.17, 15) is 19.5 Å². The summed E-state index contributed by atoms with van der Waals surface area (Å²) < 4.78 is 4.81. The largest absolute Gasteiger partial charge is 0.480 e. The number of carbonyl (C=O) groups is 3. The van der Waals surface area contributed by atoms with Crippen LogP contribution in [-0.4, -0.2) is 46.0 Å². The first-order valence-electron chi connectivity index (χ1n) is 6.91. The van der Waals surface area contributed by atoms with Gasteiger partial charge in [-0.1, -0.05) is 0 Å². The second-order valence-corrected chi connectivity index (χ2v) is 6.42. The first kappa shape index (κ1) is 16.4. The molecule has 0 saturated carbocycles. The van der Waals surface area contributed by atoms with Crippen LogP contribution in [0.5, 0.6) is 0 Å². The van der Waals surface area contributed by atoms with E-state index >= 15 is 0 Å². The number of thioether (sulfide) groups is 1. The summed E-state index contributed by atoms with van der Waals surface area (Å²) >= 11 is 1.66. The van der Waals surface area contributed by atoms with E-state index in [0.29, 0.717) is 29.9 Å². The monoisotopic (exact) mass is 326 g/mol. The first-order chi connectivity index (χ1) is 10.4. The van der Waals surface area contributed by atoms with Crippen molar-refractivity contribution >= 4 is 29.5 Å². The topological polar surface area (TPSA) is 109 Å². The van der Waals surface area contributed by atoms with Crippen LogP contribution >= 0.6 is 11.8 Å². The second kappa shape index (κ2) is 6.87. The molecule has 1 aromatic heterocycles. The van der Waals surface area contributed by atoms with Crippen LogP contribution in [0.15, 0.2) is 23.0 Å². The molecule has 2 heterocycles. The second-order valence-electron chi connectivity index (χ2n) is 5.20. The molecule has 1 saturated heterocycles. The molecule has 22 heavy (non-hydrogen) atoms. The highest BCUT2D eigenvalue weighted by atomic mass is 32.2. The molecule has 1 aliphatic heterocycles. The van der Waals surface area contributed by atoms with Crippen LogP contribution in [0, 0.1) is 0 Å². The van der Waals surface area contributed by atoms with E-state index in [-0.39, 0.29) is 0 Å². The fraction of sp³-hybridized carbons (Fsp3) is 0.500. The minimum absolute atomic E-state index is 0.307. The summed E-state index contributed by atoms with van der Waals surface area (Å²) in [6, 6.07) is 0.644. The lowest BCUT2D eigenvalue weighted by molar-refractivity contribution is -0.148. The lowest BCUT2D eigenvalue weighted by Gasteiger charge is -2.34. The fourth-order valence-electron chi connectivity index (χ4n) is 2.20. The maximum atomic E-state index is 12.2. The zero-order valence-electron chi connectivity index (χ0n) is 12.1. The Hall–Kier alpha value is -1.96. The molecule has 0 radical (unpaired) electrons. The normalized spacial score (nSPS) is 18.2. The van der Waals surface area contributed by atoms with Gasteiger partial charge in [0.1, 0.15) is 17.8 Å². The predicted octanol–water partition coefficient (Wildman–Crippen LogP) is 0.864. The van der Waals surface area contributed by atoms with Crippen molar-refractivity contribution in [1.29, 1.82) is 0 Å². The average molecular weight is 326 g/mol. The molecule has 1 atom stereocenters. The van der Waals surface area contributed by atoms with Crippen LogP contribution in [0.1, 0.15) is 30.1 Å². The van der Waals surface area contributed by atoms with Crippen molar-refractivity contribution in [3.05, 3.63) is 24.2 Å². The number of carbonyl (C=O) groups excluding carboxylic acids is 2. The third kappa shape index (κ3) is 3.62. The predicted molar refractivity (Wildman–Crippen MR) is 80.7 cm³/mol. The summed E-state index contributed by atoms with van der Waals surface area (Å²) in [7, 11) is 0. The molecule has 1 aliphatic rings. The molecule has 7 nitrogen and oxygen atoms in total. The van der Waals surface area contributed by atoms with E-state index in [1.165, 1.54) is 25.5 Å². The molecule has 120 valence electrons. The van der Waals surface area contributed by atoms with Gasteiger partial charge in [-0.05, 0) is 37.3 Å². The van der Waals surface area contributed by atoms with Crippen molar-refractivity contribution in [1.82, 2.24) is 10.6 Å². The number of aliphatic carboxylic acids is 1. The van der Waals surface area contributed by atoms with Gasteiger partial charge in [0.05, 0.1) is 11.8 Å². The maximum Gasteiger partial charge on any atom is 0.329 e. The summed E-state index contributed by atoms with van der Waals surface area (Å²) in [6.07, 6.45) is 3.39. The van der Waals surface area contributed by atoms with E-state index in [4.69, 9.17) is 4.42 Å². The summed E-state index contributed by atoms with van der Waals surface area (Å²) in [5.74, 6) is -0.620. The molecule has 2 rings (SSSR count). The molecule has 2 amide bonds. The minimum atomic E-state index is -1.24. The number of hydrogen-bond donors (Lipinski definition) is 3. The molecule has 3 N–H and O–H groups in total. The van der Waals surface area contributed by atoms with Crippen molar-refractivity contribution in [2.24, 2.45) is 0 Å². The Morgan fingerprint density at radius 2 is 2.05 bits per heavy atom. The van der Waals surface area contributed by atoms with E-state index in [1.807, 2.05) is 0 Å². The molecule has 1 fully saturated rings. The summed E-state index contributed by atoms with van der Waals surface area (Å²) in [6.45, 7) is 1.51. The SMILES string of the molecule is CC(NC(=O)c1ccoc1)C(=O)NC1(C(=O)O)CCSCC1. The number of furan rings is 1. The van der Waals surface area contributed by atoms with Crippen molar-refractivity contribution < 1.29 is 23.9 Å². The fourth-order valence-corrected chi connectivity index (χ4v) is 3.39. The molecule has 8 heteroatoms. The molecule has 1 unspecified atom stereocenters. The van der Waals surface area contributed by atoms with Gasteiger partial charge in [-0.15, -0.1) is 0 Å². The first-order valence-corrected chi connectivity index (χ1v) is 8.06. The van der Waals surface area contributed by atoms with E-state index in [2.05, 4.69) is 10.6 Å². The highest BCUT2D eigenvalue weighted by Crippen LogP contribution is 2.27. The molecule has 0 spiro atoms. The quantitative estimate of drug-likeness (QED) is 0.741. The molecular formula is C14H18N2O5S. The number of hydrogen-bond acceptors (Lipinski definition) is 5. The number of carboxylic acid groups (broad SMARTS) is 1. The maximum absolute atomic E-state index is 12.2. The Labute approximate surface area is 131 Å². The molecule has 1 aromatic rings. The van der Waals surface area contributed by atoms with Crippen molar-refractivity contribution in [2.75, 3.05) is 11.5 Å². The third-order valence-electron chi connectivity index (χ3n) is 3.64. The summed E-state index contributed by atoms with van der Waals surface area (Å²) in [4.78, 5) is 35.6. The van der Waals surface area contributed by atoms with Crippen LogP contribution < -0.4 is 10.6 Å². The highest BCUT2D eigenvalue weighted by molar-refractivity contribution is 7.99. The third-order valence-corrected chi connectivity index (χ3v) is 4.63. The van der Waals surface area contributed by atoms with Gasteiger partial charge in [-0.2, -0.15) is 11.8 Å². The van der Waals surface area contributed by atoms with Gasteiger partial charge in [-0.3, -0.25) is 9.59 Å². The van der Waals surface area contributed by atoms with Gasteiger partial charge in [-0.25, -0.2) is 4.79 Å². The van der Waals surface area contributed by atoms with Crippen molar-refractivity contribution in [2.45, 2.75) is 31.3 Å². The molecule has 0 aliphatic carbocycles. The Balaban J connectivity index is 1.97. The molecule has 0 bridgehead atoms. The van der Waals surface area contributed by atoms with Gasteiger partial charge in [0.2, 0.25) is 5.91 Å². The number of rotatable bonds is 5. The van der Waals surface area contributed by atoms with Crippen molar-refractivity contribution in [3.8, 4) is 0 Å². The van der Waals surface area contributed by atoms with Crippen LogP contribution in [-0.2, 0) is 9.59 Å². The van der Waals surface area contributed by atoms with Gasteiger partial charge < -0.3 is 20.2 Å². The van der Waals surface area contributed by atoms with Crippen LogP contribution in [0.25, 0.3) is 0 Å². The van der Waals surface area contributed by atoms with Gasteiger partial charge in [0.25, 0.3) is 5.91 Å². The Bertz CT molecular complexity index is 552. The number of nitrogens with one attached hydrogen (secondary N) is 2. The lowest BCUT2D eigenvalue weighted by atomic mass is 9.92. The molecular weight excluding hydrogens is 308 g/mol. The standard InChI is InChI=1S/C14H18N2O5S/c1-9(15-12(18)10-2-5-21-8-10)11(17)16-14(13(19)20)3-6-22-7-4-14/h2,5,8-9H,3-4,6-7H2,1H3,(H,15,18)(H,16,17)(H,19,20). The van der Waals surface area contributed by atoms with Crippen LogP contribution in [0.2, 0.25) is 0 Å². The van der Waals surface area contributed by atoms with Crippen LogP contribution in [0.4, 0.5) is 0 Å². The number of amides is 2. The molecule has 0 aromatic carbocycles. The van der Waals surface area contributed by atoms with E-state index in [0.717, 1.165) is 0 Å². The zero-order chi connectivity index (χ0) is 16.2. The Morgan fingerprint density at radius 3 is 2.59 bits per heavy atom. The van der Waals surface area contributed by atoms with Gasteiger partial charge >= 0.3 is 5.97 Å². The Kier molecular flexibility index (Phi) is 5.12. The van der Waals surface area contributed by atoms with E-state index in [1.54, 1.807) is 11.8 Å². The smallest absolute Gasteiger partial charge is 0.329 e. The minimum Gasteiger partial charge on any atom is -0.480 e. The Morgan fingerprint density at radius 1 is 1.36 bits per heavy atom. The lowest BCUT2D eigenvalue weighted by Crippen LogP contribution is -2.60. The summed E-state index contributed by atoms with van der Waals surface area (Å²) in [5, 5.41) is 14.5. The number of carboxylic acids is 1. The summed E-state index contributed by atoms with van der Waals surface area (Å²) in [5.41, 5.74) is -0.932. The van der Waals surface area contributed by atoms with E-state index < -0.39 is 29.4 Å². The van der Waals surface area contributed by atoms with Crippen LogP contribution in [0.3, 0.4) is 0 Å². The van der Waals surface area contributed by atoms with Gasteiger partial charge in [0.15, 0.2) is 0 Å². The van der Waals surface area contributed by atoms with Gasteiger partial charge in [0, 0.05) is 0 Å². The average Bonchev–Trinajstić information content (AvgIpc) is 3.02. The highest BCUT2D eigenvalue weighted by Gasteiger charge is 2.42. The van der Waals surface area contributed by atoms with Crippen molar-refractivity contribution in [3.63, 3.8) is 0 Å². The zero-order valence-corrected chi connectivity index (χ0v) is 12.9.